The molecule has 0 saturated carbocycles. The molecule has 1 unspecified atom stereocenters. The number of carboxylic acid groups (broad SMARTS) is 1. The normalized spacial score (nSPS) is 20.1. The van der Waals surface area contributed by atoms with E-state index in [1.165, 1.54) is 4.90 Å². The van der Waals surface area contributed by atoms with Crippen LogP contribution in [0.4, 0.5) is 4.79 Å². The number of amides is 1. The molecular weight excluding hydrogens is 210 g/mol. The van der Waals surface area contributed by atoms with Gasteiger partial charge in [0.25, 0.3) is 0 Å². The molecule has 1 fully saturated rings. The summed E-state index contributed by atoms with van der Waals surface area (Å²) in [6, 6.07) is 0. The van der Waals surface area contributed by atoms with E-state index >= 15 is 0 Å². The average Bonchev–Trinajstić information content (AvgIpc) is 2.65. The summed E-state index contributed by atoms with van der Waals surface area (Å²) in [4.78, 5) is 22.7. The highest BCUT2D eigenvalue weighted by atomic mass is 16.5. The van der Waals surface area contributed by atoms with Crippen molar-refractivity contribution in [2.24, 2.45) is 0 Å². The molecule has 1 saturated heterocycles. The molecule has 1 N–H and O–H groups in total. The summed E-state index contributed by atoms with van der Waals surface area (Å²) in [5.41, 5.74) is 0. The molecule has 1 rings (SSSR count). The Morgan fingerprint density at radius 1 is 1.44 bits per heavy atom. The van der Waals surface area contributed by atoms with E-state index in [1.807, 2.05) is 0 Å². The van der Waals surface area contributed by atoms with Gasteiger partial charge in [-0.15, -0.1) is 0 Å². The molecule has 0 radical (unpaired) electrons. The quantitative estimate of drug-likeness (QED) is 0.701. The molecule has 1 amide bonds. The van der Waals surface area contributed by atoms with Gasteiger partial charge in [0, 0.05) is 19.6 Å². The van der Waals surface area contributed by atoms with Gasteiger partial charge in [0.1, 0.15) is 5.78 Å². The van der Waals surface area contributed by atoms with Gasteiger partial charge in [0.05, 0.1) is 12.6 Å². The third kappa shape index (κ3) is 4.61. The maximum absolute atomic E-state index is 10.7. The standard InChI is InChI=1S/C11H19NO4/c1-9(13)4-2-3-7-16-10-5-6-12(8-10)11(14)15/h10H,2-8H2,1H3,(H,14,15). The van der Waals surface area contributed by atoms with Crippen LogP contribution in [-0.2, 0) is 9.53 Å². The number of hydrogen-bond donors (Lipinski definition) is 1. The number of nitrogens with zero attached hydrogens (tertiary/aromatic N) is 1. The highest BCUT2D eigenvalue weighted by Crippen LogP contribution is 2.13. The molecule has 1 heterocycles. The zero-order valence-corrected chi connectivity index (χ0v) is 9.65. The predicted molar refractivity (Wildman–Crippen MR) is 58.5 cm³/mol. The molecule has 5 heteroatoms. The number of unbranched alkanes of at least 4 members (excludes halogenated alkanes) is 1. The van der Waals surface area contributed by atoms with Crippen molar-refractivity contribution in [2.45, 2.75) is 38.7 Å². The molecule has 5 nitrogen and oxygen atoms in total. The zero-order valence-electron chi connectivity index (χ0n) is 9.65. The molecule has 0 spiro atoms. The third-order valence-electron chi connectivity index (χ3n) is 2.69. The summed E-state index contributed by atoms with van der Waals surface area (Å²) in [5, 5.41) is 8.73. The van der Waals surface area contributed by atoms with Gasteiger partial charge in [-0.1, -0.05) is 0 Å². The van der Waals surface area contributed by atoms with Crippen molar-refractivity contribution in [3.05, 3.63) is 0 Å². The van der Waals surface area contributed by atoms with Crippen LogP contribution < -0.4 is 0 Å². The van der Waals surface area contributed by atoms with Crippen LogP contribution >= 0.6 is 0 Å². The molecule has 92 valence electrons. The largest absolute Gasteiger partial charge is 0.465 e. The SMILES string of the molecule is CC(=O)CCCCOC1CCN(C(=O)O)C1. The molecule has 0 aromatic heterocycles. The van der Waals surface area contributed by atoms with Crippen molar-refractivity contribution in [2.75, 3.05) is 19.7 Å². The molecule has 16 heavy (non-hydrogen) atoms. The minimum absolute atomic E-state index is 0.0356. The molecule has 1 atom stereocenters. The van der Waals surface area contributed by atoms with E-state index in [0.29, 0.717) is 26.1 Å². The lowest BCUT2D eigenvalue weighted by Crippen LogP contribution is -2.28. The van der Waals surface area contributed by atoms with E-state index in [0.717, 1.165) is 19.3 Å². The summed E-state index contributed by atoms with van der Waals surface area (Å²) < 4.78 is 5.55. The first-order valence-corrected chi connectivity index (χ1v) is 5.68. The molecular formula is C11H19NO4. The molecule has 1 aliphatic heterocycles. The number of likely N-dealkylation sites (tertiary alicyclic amines) is 1. The number of rotatable bonds is 6. The molecule has 0 aromatic rings. The Hall–Kier alpha value is -1.10. The Labute approximate surface area is 95.4 Å². The van der Waals surface area contributed by atoms with Gasteiger partial charge in [-0.2, -0.15) is 0 Å². The second-order valence-electron chi connectivity index (χ2n) is 4.17. The van der Waals surface area contributed by atoms with Crippen LogP contribution in [0.25, 0.3) is 0 Å². The first-order chi connectivity index (χ1) is 7.59. The first kappa shape index (κ1) is 13.0. The highest BCUT2D eigenvalue weighted by Gasteiger charge is 2.25. The number of hydrogen-bond acceptors (Lipinski definition) is 3. The maximum atomic E-state index is 10.7. The van der Waals surface area contributed by atoms with E-state index in [2.05, 4.69) is 0 Å². The topological polar surface area (TPSA) is 66.8 Å². The number of carbonyl (C=O) groups excluding carboxylic acids is 1. The Balaban J connectivity index is 2.02. The molecule has 0 aromatic carbocycles. The van der Waals surface area contributed by atoms with Crippen LogP contribution in [0.15, 0.2) is 0 Å². The van der Waals surface area contributed by atoms with Gasteiger partial charge in [-0.25, -0.2) is 4.79 Å². The fourth-order valence-electron chi connectivity index (χ4n) is 1.76. The Kier molecular flexibility index (Phi) is 5.25. The number of ether oxygens (including phenoxy) is 1. The van der Waals surface area contributed by atoms with Crippen LogP contribution in [0, 0.1) is 0 Å². The summed E-state index contributed by atoms with van der Waals surface area (Å²) in [6.45, 7) is 3.24. The summed E-state index contributed by atoms with van der Waals surface area (Å²) in [5.74, 6) is 0.206. The molecule has 0 bridgehead atoms. The van der Waals surface area contributed by atoms with E-state index in [4.69, 9.17) is 9.84 Å². The Morgan fingerprint density at radius 3 is 2.75 bits per heavy atom. The van der Waals surface area contributed by atoms with Gasteiger partial charge < -0.3 is 19.5 Å². The van der Waals surface area contributed by atoms with Gasteiger partial charge in [0.2, 0.25) is 0 Å². The maximum Gasteiger partial charge on any atom is 0.407 e. The summed E-state index contributed by atoms with van der Waals surface area (Å²) in [7, 11) is 0. The smallest absolute Gasteiger partial charge is 0.407 e. The van der Waals surface area contributed by atoms with Crippen molar-refractivity contribution in [3.63, 3.8) is 0 Å². The average molecular weight is 229 g/mol. The predicted octanol–water partition coefficient (Wildman–Crippen LogP) is 1.51. The van der Waals surface area contributed by atoms with Crippen LogP contribution in [0.2, 0.25) is 0 Å². The van der Waals surface area contributed by atoms with Gasteiger partial charge in [-0.05, 0) is 26.2 Å². The Bertz CT molecular complexity index is 254. The second kappa shape index (κ2) is 6.48. The minimum Gasteiger partial charge on any atom is -0.465 e. The highest BCUT2D eigenvalue weighted by molar-refractivity contribution is 5.75. The van der Waals surface area contributed by atoms with Crippen LogP contribution in [-0.4, -0.2) is 47.7 Å². The Morgan fingerprint density at radius 2 is 2.19 bits per heavy atom. The fourth-order valence-corrected chi connectivity index (χ4v) is 1.76. The zero-order chi connectivity index (χ0) is 12.0. The summed E-state index contributed by atoms with van der Waals surface area (Å²) >= 11 is 0. The van der Waals surface area contributed by atoms with Crippen molar-refractivity contribution in [1.82, 2.24) is 4.90 Å². The van der Waals surface area contributed by atoms with Crippen molar-refractivity contribution in [1.29, 1.82) is 0 Å². The van der Waals surface area contributed by atoms with E-state index in [1.54, 1.807) is 6.92 Å². The van der Waals surface area contributed by atoms with Crippen molar-refractivity contribution >= 4 is 11.9 Å². The third-order valence-corrected chi connectivity index (χ3v) is 2.69. The fraction of sp³-hybridized carbons (Fsp3) is 0.818. The second-order valence-corrected chi connectivity index (χ2v) is 4.17. The van der Waals surface area contributed by atoms with Crippen molar-refractivity contribution < 1.29 is 19.4 Å². The van der Waals surface area contributed by atoms with E-state index in [-0.39, 0.29) is 11.9 Å². The number of carbonyl (C=O) groups is 2. The monoisotopic (exact) mass is 229 g/mol. The lowest BCUT2D eigenvalue weighted by atomic mass is 10.2. The molecule has 0 aliphatic carbocycles. The van der Waals surface area contributed by atoms with Crippen LogP contribution in [0.1, 0.15) is 32.6 Å². The number of Topliss-reactive ketones (excluding diaryl/α,β-unsaturated/α-hetero) is 1. The van der Waals surface area contributed by atoms with Crippen molar-refractivity contribution in [3.8, 4) is 0 Å². The van der Waals surface area contributed by atoms with Crippen LogP contribution in [0.5, 0.6) is 0 Å². The first-order valence-electron chi connectivity index (χ1n) is 5.68. The summed E-state index contributed by atoms with van der Waals surface area (Å²) in [6.07, 6.45) is 2.26. The lowest BCUT2D eigenvalue weighted by molar-refractivity contribution is -0.117. The van der Waals surface area contributed by atoms with E-state index in [9.17, 15) is 9.59 Å². The lowest BCUT2D eigenvalue weighted by Gasteiger charge is -2.12. The minimum atomic E-state index is -0.873. The number of ketones is 1. The molecule has 1 aliphatic rings. The van der Waals surface area contributed by atoms with E-state index < -0.39 is 6.09 Å². The van der Waals surface area contributed by atoms with Crippen LogP contribution in [0.3, 0.4) is 0 Å². The van der Waals surface area contributed by atoms with Gasteiger partial charge >= 0.3 is 6.09 Å². The van der Waals surface area contributed by atoms with Gasteiger partial charge in [0.15, 0.2) is 0 Å². The van der Waals surface area contributed by atoms with Gasteiger partial charge in [-0.3, -0.25) is 0 Å².